The van der Waals surface area contributed by atoms with Crippen molar-refractivity contribution in [2.24, 2.45) is 0 Å². The van der Waals surface area contributed by atoms with E-state index in [1.165, 1.54) is 21.4 Å². The minimum absolute atomic E-state index is 0.638. The Labute approximate surface area is 182 Å². The maximum atomic E-state index is 5.95. The summed E-state index contributed by atoms with van der Waals surface area (Å²) in [6.45, 7) is 15.3. The number of aromatic nitrogens is 2. The number of pyridine rings is 1. The van der Waals surface area contributed by atoms with Crippen LogP contribution in [-0.4, -0.2) is 28.0 Å². The number of ether oxygens (including phenoxy) is 1. The minimum Gasteiger partial charge on any atom is -0.458 e. The molecule has 5 heteroatoms. The van der Waals surface area contributed by atoms with Crippen molar-refractivity contribution in [3.05, 3.63) is 88.9 Å². The fourth-order valence-corrected chi connectivity index (χ4v) is 4.50. The third-order valence-electron chi connectivity index (χ3n) is 5.32. The first-order valence-electron chi connectivity index (χ1n) is 10.2. The molecule has 4 nitrogen and oxygen atoms in total. The van der Waals surface area contributed by atoms with Crippen LogP contribution >= 0.6 is 11.3 Å². The van der Waals surface area contributed by atoms with Crippen molar-refractivity contribution >= 4 is 21.6 Å². The summed E-state index contributed by atoms with van der Waals surface area (Å²) in [4.78, 5) is 11.3. The Balaban J connectivity index is 1.40. The Morgan fingerprint density at radius 2 is 1.93 bits per heavy atom. The van der Waals surface area contributed by atoms with Gasteiger partial charge in [-0.15, -0.1) is 11.3 Å². The van der Waals surface area contributed by atoms with E-state index in [4.69, 9.17) is 4.74 Å². The Kier molecular flexibility index (Phi) is 6.11. The summed E-state index contributed by atoms with van der Waals surface area (Å²) in [5.41, 5.74) is 8.58. The quantitative estimate of drug-likeness (QED) is 0.479. The first-order valence-corrected chi connectivity index (χ1v) is 11.1. The van der Waals surface area contributed by atoms with Crippen LogP contribution in [0.15, 0.2) is 72.0 Å². The zero-order chi connectivity index (χ0) is 21.1. The van der Waals surface area contributed by atoms with E-state index < -0.39 is 0 Å². The second kappa shape index (κ2) is 8.94. The molecule has 0 atom stereocenters. The normalized spacial score (nSPS) is 16.7. The summed E-state index contributed by atoms with van der Waals surface area (Å²) in [5.74, 6) is 1.42. The number of hydrogen-bond donors (Lipinski definition) is 0. The Morgan fingerprint density at radius 3 is 2.73 bits per heavy atom. The third-order valence-corrected chi connectivity index (χ3v) is 6.13. The lowest BCUT2D eigenvalue weighted by Crippen LogP contribution is -2.24. The summed E-state index contributed by atoms with van der Waals surface area (Å²) in [5, 5.41) is 0. The molecule has 1 fully saturated rings. The Bertz CT molecular complexity index is 1110. The molecule has 0 N–H and O–H groups in total. The van der Waals surface area contributed by atoms with Crippen LogP contribution in [0.3, 0.4) is 0 Å². The molecule has 1 saturated heterocycles. The Hall–Kier alpha value is -2.76. The van der Waals surface area contributed by atoms with E-state index in [0.29, 0.717) is 5.76 Å². The molecule has 1 aromatic carbocycles. The number of rotatable bonds is 5. The van der Waals surface area contributed by atoms with Crippen molar-refractivity contribution < 1.29 is 4.74 Å². The van der Waals surface area contributed by atoms with Crippen LogP contribution in [0, 0.1) is 13.8 Å². The SMILES string of the molecule is C=C(/C=C1/CCN(Cc2ccc3scnc3c2)CCC1=C)Oc1cc(C)nc(C)c1. The summed E-state index contributed by atoms with van der Waals surface area (Å²) in [7, 11) is 0. The van der Waals surface area contributed by atoms with E-state index in [2.05, 4.69) is 46.2 Å². The first kappa shape index (κ1) is 20.5. The molecule has 0 aliphatic carbocycles. The van der Waals surface area contributed by atoms with Crippen LogP contribution in [0.2, 0.25) is 0 Å². The molecule has 0 bridgehead atoms. The topological polar surface area (TPSA) is 38.2 Å². The highest BCUT2D eigenvalue weighted by atomic mass is 32.1. The lowest BCUT2D eigenvalue weighted by Gasteiger charge is -2.19. The van der Waals surface area contributed by atoms with Gasteiger partial charge in [0.15, 0.2) is 0 Å². The van der Waals surface area contributed by atoms with E-state index in [9.17, 15) is 0 Å². The van der Waals surface area contributed by atoms with Crippen molar-refractivity contribution in [1.29, 1.82) is 0 Å². The molecule has 0 saturated carbocycles. The predicted molar refractivity (Wildman–Crippen MR) is 125 cm³/mol. The van der Waals surface area contributed by atoms with Gasteiger partial charge in [0.05, 0.1) is 15.7 Å². The molecule has 3 aromatic rings. The lowest BCUT2D eigenvalue weighted by molar-refractivity contribution is 0.281. The average molecular weight is 418 g/mol. The monoisotopic (exact) mass is 417 g/mol. The zero-order valence-electron chi connectivity index (χ0n) is 17.6. The van der Waals surface area contributed by atoms with Gasteiger partial charge in [0.2, 0.25) is 0 Å². The highest BCUT2D eigenvalue weighted by Crippen LogP contribution is 2.26. The van der Waals surface area contributed by atoms with Gasteiger partial charge in [-0.05, 0) is 56.0 Å². The van der Waals surface area contributed by atoms with Crippen molar-refractivity contribution in [2.75, 3.05) is 13.1 Å². The van der Waals surface area contributed by atoms with Gasteiger partial charge in [0.25, 0.3) is 0 Å². The lowest BCUT2D eigenvalue weighted by atomic mass is 10.0. The fraction of sp³-hybridized carbons (Fsp3) is 0.280. The number of likely N-dealkylation sites (tertiary alicyclic amines) is 1. The van der Waals surface area contributed by atoms with Gasteiger partial charge >= 0.3 is 0 Å². The number of nitrogens with zero attached hydrogens (tertiary/aromatic N) is 3. The van der Waals surface area contributed by atoms with E-state index in [-0.39, 0.29) is 0 Å². The Morgan fingerprint density at radius 1 is 1.17 bits per heavy atom. The van der Waals surface area contributed by atoms with Gasteiger partial charge in [0, 0.05) is 43.2 Å². The fourth-order valence-electron chi connectivity index (χ4n) is 3.84. The largest absolute Gasteiger partial charge is 0.458 e. The number of aryl methyl sites for hydroxylation is 2. The first-order chi connectivity index (χ1) is 14.5. The standard InChI is InChI=1S/C25H27N3OS/c1-17-7-9-28(15-21-5-6-25-24(14-21)26-16-30-25)10-8-22(17)13-20(4)29-23-11-18(2)27-19(3)12-23/h5-6,11-14,16H,1,4,7-10,15H2,2-3H3/b22-13-. The van der Waals surface area contributed by atoms with Crippen LogP contribution in [0.5, 0.6) is 5.75 Å². The molecule has 1 aliphatic rings. The van der Waals surface area contributed by atoms with E-state index in [0.717, 1.165) is 55.1 Å². The number of hydrogen-bond acceptors (Lipinski definition) is 5. The van der Waals surface area contributed by atoms with Crippen molar-refractivity contribution in [1.82, 2.24) is 14.9 Å². The zero-order valence-corrected chi connectivity index (χ0v) is 18.5. The van der Waals surface area contributed by atoms with Crippen LogP contribution in [-0.2, 0) is 6.54 Å². The molecular weight excluding hydrogens is 390 g/mol. The van der Waals surface area contributed by atoms with Gasteiger partial charge in [0.1, 0.15) is 11.5 Å². The van der Waals surface area contributed by atoms with Gasteiger partial charge in [-0.3, -0.25) is 9.88 Å². The summed E-state index contributed by atoms with van der Waals surface area (Å²) < 4.78 is 7.19. The van der Waals surface area contributed by atoms with Crippen molar-refractivity contribution in [2.45, 2.75) is 33.2 Å². The number of benzene rings is 1. The third kappa shape index (κ3) is 5.04. The molecule has 3 heterocycles. The molecule has 0 unspecified atom stereocenters. The van der Waals surface area contributed by atoms with Gasteiger partial charge in [-0.1, -0.05) is 24.8 Å². The molecule has 30 heavy (non-hydrogen) atoms. The van der Waals surface area contributed by atoms with Gasteiger partial charge < -0.3 is 4.74 Å². The highest BCUT2D eigenvalue weighted by molar-refractivity contribution is 7.16. The number of allylic oxidation sites excluding steroid dienone is 1. The molecule has 154 valence electrons. The van der Waals surface area contributed by atoms with Crippen LogP contribution < -0.4 is 4.74 Å². The van der Waals surface area contributed by atoms with Crippen LogP contribution in [0.4, 0.5) is 0 Å². The second-order valence-corrected chi connectivity index (χ2v) is 8.74. The molecule has 2 aromatic heterocycles. The van der Waals surface area contributed by atoms with Crippen molar-refractivity contribution in [3.63, 3.8) is 0 Å². The molecule has 1 aliphatic heterocycles. The summed E-state index contributed by atoms with van der Waals surface area (Å²) in [6.07, 6.45) is 3.93. The van der Waals surface area contributed by atoms with Gasteiger partial charge in [-0.25, -0.2) is 4.98 Å². The van der Waals surface area contributed by atoms with Crippen molar-refractivity contribution in [3.8, 4) is 5.75 Å². The molecule has 0 radical (unpaired) electrons. The summed E-state index contributed by atoms with van der Waals surface area (Å²) in [6, 6.07) is 10.5. The summed E-state index contributed by atoms with van der Waals surface area (Å²) >= 11 is 1.69. The maximum Gasteiger partial charge on any atom is 0.131 e. The van der Waals surface area contributed by atoms with Crippen LogP contribution in [0.25, 0.3) is 10.2 Å². The molecular formula is C25H27N3OS. The average Bonchev–Trinajstić information content (AvgIpc) is 3.08. The van der Waals surface area contributed by atoms with E-state index >= 15 is 0 Å². The van der Waals surface area contributed by atoms with Gasteiger partial charge in [-0.2, -0.15) is 0 Å². The van der Waals surface area contributed by atoms with Crippen LogP contribution in [0.1, 0.15) is 29.8 Å². The van der Waals surface area contributed by atoms with E-state index in [1.807, 2.05) is 37.6 Å². The molecule has 0 spiro atoms. The smallest absolute Gasteiger partial charge is 0.131 e. The number of fused-ring (bicyclic) bond motifs is 1. The molecule has 4 rings (SSSR count). The molecule has 0 amide bonds. The number of thiazole rings is 1. The maximum absolute atomic E-state index is 5.95. The highest BCUT2D eigenvalue weighted by Gasteiger charge is 2.16. The minimum atomic E-state index is 0.638. The predicted octanol–water partition coefficient (Wildman–Crippen LogP) is 5.98. The second-order valence-electron chi connectivity index (χ2n) is 7.86. The van der Waals surface area contributed by atoms with E-state index in [1.54, 1.807) is 11.3 Å².